The zero-order valence-electron chi connectivity index (χ0n) is 22.0. The quantitative estimate of drug-likeness (QED) is 0.395. The maximum absolute atomic E-state index is 12.7. The van der Waals surface area contributed by atoms with Crippen LogP contribution < -0.4 is 10.6 Å². The summed E-state index contributed by atoms with van der Waals surface area (Å²) in [5.74, 6) is 1.28. The number of nitrogens with zero attached hydrogens (tertiary/aromatic N) is 7. The van der Waals surface area contributed by atoms with Crippen molar-refractivity contribution in [3.8, 4) is 0 Å². The Bertz CT molecular complexity index is 1230. The first-order valence-corrected chi connectivity index (χ1v) is 13.9. The van der Waals surface area contributed by atoms with E-state index in [2.05, 4.69) is 25.5 Å². The second-order valence-electron chi connectivity index (χ2n) is 9.86. The van der Waals surface area contributed by atoms with E-state index in [1.807, 2.05) is 48.2 Å². The summed E-state index contributed by atoms with van der Waals surface area (Å²) in [7, 11) is 3.97. The van der Waals surface area contributed by atoms with E-state index >= 15 is 0 Å². The Morgan fingerprint density at radius 2 is 2.11 bits per heavy atom. The zero-order valence-corrected chi connectivity index (χ0v) is 22.8. The fraction of sp³-hybridized carbons (Fsp3) is 0.500. The van der Waals surface area contributed by atoms with Gasteiger partial charge in [-0.2, -0.15) is 4.98 Å². The SMILES string of the molecule is CN(C)CC=CC(=O)N1CCCC(Nc2nc(CN3CCOCC3)cc(Nc3nc4cccnc4s3)n2)C1. The van der Waals surface area contributed by atoms with E-state index in [4.69, 9.17) is 14.7 Å². The van der Waals surface area contributed by atoms with Crippen LogP contribution in [0.25, 0.3) is 10.3 Å². The number of likely N-dealkylation sites (N-methyl/N-ethyl adjacent to an activating group) is 1. The molecule has 2 aliphatic rings. The van der Waals surface area contributed by atoms with Gasteiger partial charge in [0.15, 0.2) is 5.13 Å². The number of carbonyl (C=O) groups excluding carboxylic acids is 1. The Morgan fingerprint density at radius 1 is 1.24 bits per heavy atom. The summed E-state index contributed by atoms with van der Waals surface area (Å²) in [6.45, 7) is 6.05. The van der Waals surface area contributed by atoms with Gasteiger partial charge >= 0.3 is 0 Å². The van der Waals surface area contributed by atoms with Crippen LogP contribution in [-0.4, -0.2) is 107 Å². The summed E-state index contributed by atoms with van der Waals surface area (Å²) < 4.78 is 5.51. The van der Waals surface area contributed by atoms with Crippen LogP contribution in [0.5, 0.6) is 0 Å². The topological polar surface area (TPSA) is 112 Å². The first-order chi connectivity index (χ1) is 18.5. The lowest BCUT2D eigenvalue weighted by molar-refractivity contribution is -0.127. The molecule has 2 fully saturated rings. The molecule has 202 valence electrons. The average molecular weight is 538 g/mol. The Balaban J connectivity index is 1.31. The number of likely N-dealkylation sites (tertiary alicyclic amines) is 1. The monoisotopic (exact) mass is 537 g/mol. The minimum Gasteiger partial charge on any atom is -0.379 e. The van der Waals surface area contributed by atoms with Crippen LogP contribution in [0, 0.1) is 0 Å². The molecule has 0 radical (unpaired) electrons. The first-order valence-electron chi connectivity index (χ1n) is 13.1. The van der Waals surface area contributed by atoms with Gasteiger partial charge in [-0.05, 0) is 39.1 Å². The van der Waals surface area contributed by atoms with Crippen LogP contribution in [0.4, 0.5) is 16.9 Å². The molecule has 0 spiro atoms. The number of nitrogens with one attached hydrogen (secondary N) is 2. The van der Waals surface area contributed by atoms with Crippen molar-refractivity contribution >= 4 is 44.5 Å². The molecule has 3 aromatic rings. The number of anilines is 3. The molecule has 3 aromatic heterocycles. The second kappa shape index (κ2) is 12.6. The van der Waals surface area contributed by atoms with Crippen molar-refractivity contribution in [1.82, 2.24) is 34.6 Å². The lowest BCUT2D eigenvalue weighted by Gasteiger charge is -2.32. The van der Waals surface area contributed by atoms with Crippen LogP contribution in [0.3, 0.4) is 0 Å². The molecule has 2 N–H and O–H groups in total. The highest BCUT2D eigenvalue weighted by molar-refractivity contribution is 7.21. The van der Waals surface area contributed by atoms with Crippen LogP contribution in [0.2, 0.25) is 0 Å². The van der Waals surface area contributed by atoms with Crippen LogP contribution in [-0.2, 0) is 16.1 Å². The average Bonchev–Trinajstić information content (AvgIpc) is 3.31. The minimum atomic E-state index is 0.0483. The van der Waals surface area contributed by atoms with Crippen molar-refractivity contribution in [3.05, 3.63) is 42.2 Å². The lowest BCUT2D eigenvalue weighted by atomic mass is 10.1. The van der Waals surface area contributed by atoms with Gasteiger partial charge < -0.3 is 25.2 Å². The molecule has 38 heavy (non-hydrogen) atoms. The molecule has 5 rings (SSSR count). The van der Waals surface area contributed by atoms with Gasteiger partial charge in [0.2, 0.25) is 11.9 Å². The normalized spacial score (nSPS) is 18.9. The molecule has 12 heteroatoms. The highest BCUT2D eigenvalue weighted by atomic mass is 32.1. The van der Waals surface area contributed by atoms with Crippen LogP contribution >= 0.6 is 11.3 Å². The van der Waals surface area contributed by atoms with Gasteiger partial charge in [0.25, 0.3) is 0 Å². The highest BCUT2D eigenvalue weighted by Crippen LogP contribution is 2.27. The number of ether oxygens (including phenoxy) is 1. The molecule has 1 amide bonds. The Hall–Kier alpha value is -3.19. The maximum atomic E-state index is 12.7. The molecule has 2 saturated heterocycles. The molecule has 5 heterocycles. The Morgan fingerprint density at radius 3 is 2.92 bits per heavy atom. The van der Waals surface area contributed by atoms with Gasteiger partial charge in [0.1, 0.15) is 16.2 Å². The van der Waals surface area contributed by atoms with Crippen molar-refractivity contribution in [2.45, 2.75) is 25.4 Å². The fourth-order valence-electron chi connectivity index (χ4n) is 4.58. The number of pyridine rings is 1. The molecule has 1 atom stereocenters. The number of hydrogen-bond acceptors (Lipinski definition) is 11. The van der Waals surface area contributed by atoms with Crippen molar-refractivity contribution in [3.63, 3.8) is 0 Å². The van der Waals surface area contributed by atoms with Gasteiger partial charge in [-0.25, -0.2) is 15.0 Å². The van der Waals surface area contributed by atoms with E-state index < -0.39 is 0 Å². The second-order valence-corrected chi connectivity index (χ2v) is 10.8. The van der Waals surface area contributed by atoms with E-state index in [0.29, 0.717) is 24.9 Å². The van der Waals surface area contributed by atoms with Crippen molar-refractivity contribution in [2.24, 2.45) is 0 Å². The largest absolute Gasteiger partial charge is 0.379 e. The third-order valence-electron chi connectivity index (χ3n) is 6.47. The number of fused-ring (bicyclic) bond motifs is 1. The lowest BCUT2D eigenvalue weighted by Crippen LogP contribution is -2.44. The van der Waals surface area contributed by atoms with E-state index in [0.717, 1.165) is 73.4 Å². The molecule has 2 aliphatic heterocycles. The summed E-state index contributed by atoms with van der Waals surface area (Å²) in [5, 5.41) is 7.61. The zero-order chi connectivity index (χ0) is 26.3. The van der Waals surface area contributed by atoms with Crippen LogP contribution in [0.1, 0.15) is 18.5 Å². The molecule has 0 aliphatic carbocycles. The summed E-state index contributed by atoms with van der Waals surface area (Å²) in [6.07, 6.45) is 7.24. The van der Waals surface area contributed by atoms with E-state index in [1.54, 1.807) is 12.3 Å². The number of thiazole rings is 1. The Kier molecular flexibility index (Phi) is 8.74. The highest BCUT2D eigenvalue weighted by Gasteiger charge is 2.23. The van der Waals surface area contributed by atoms with Gasteiger partial charge in [-0.1, -0.05) is 17.4 Å². The van der Waals surface area contributed by atoms with Crippen molar-refractivity contribution < 1.29 is 9.53 Å². The molecular weight excluding hydrogens is 502 g/mol. The minimum absolute atomic E-state index is 0.0483. The third kappa shape index (κ3) is 7.22. The van der Waals surface area contributed by atoms with Gasteiger partial charge in [0.05, 0.1) is 18.9 Å². The summed E-state index contributed by atoms with van der Waals surface area (Å²) in [5.41, 5.74) is 1.77. The number of amides is 1. The maximum Gasteiger partial charge on any atom is 0.246 e. The van der Waals surface area contributed by atoms with Gasteiger partial charge in [-0.3, -0.25) is 9.69 Å². The molecule has 11 nitrogen and oxygen atoms in total. The summed E-state index contributed by atoms with van der Waals surface area (Å²) in [6, 6.07) is 5.89. The fourth-order valence-corrected chi connectivity index (χ4v) is 5.39. The number of piperidine rings is 1. The number of rotatable bonds is 9. The van der Waals surface area contributed by atoms with E-state index in [1.165, 1.54) is 11.3 Å². The molecule has 0 bridgehead atoms. The van der Waals surface area contributed by atoms with E-state index in [-0.39, 0.29) is 11.9 Å². The number of hydrogen-bond donors (Lipinski definition) is 2. The number of carbonyl (C=O) groups is 1. The van der Waals surface area contributed by atoms with E-state index in [9.17, 15) is 4.79 Å². The molecular formula is C26H35N9O2S. The predicted molar refractivity (Wildman–Crippen MR) is 150 cm³/mol. The number of morpholine rings is 1. The summed E-state index contributed by atoms with van der Waals surface area (Å²) >= 11 is 1.49. The first kappa shape index (κ1) is 26.4. The van der Waals surface area contributed by atoms with Crippen LogP contribution in [0.15, 0.2) is 36.5 Å². The molecule has 1 unspecified atom stereocenters. The molecule has 0 aromatic carbocycles. The number of aromatic nitrogens is 4. The summed E-state index contributed by atoms with van der Waals surface area (Å²) in [4.78, 5) is 38.5. The van der Waals surface area contributed by atoms with Gasteiger partial charge in [-0.15, -0.1) is 0 Å². The van der Waals surface area contributed by atoms with Gasteiger partial charge in [0, 0.05) is 63.6 Å². The van der Waals surface area contributed by atoms with Crippen molar-refractivity contribution in [2.75, 3.05) is 70.7 Å². The Labute approximate surface area is 226 Å². The smallest absolute Gasteiger partial charge is 0.246 e. The molecule has 0 saturated carbocycles. The standard InChI is InChI=1S/C26H35N9O2S/c1-33(2)10-5-8-23(36)35-11-4-6-19(18-35)28-25-29-20(17-34-12-14-37-15-13-34)16-22(31-25)32-26-30-21-7-3-9-27-24(21)38-26/h3,5,7-9,16,19H,4,6,10-15,17-18H2,1-2H3,(H2,28,29,30,31,32). The third-order valence-corrected chi connectivity index (χ3v) is 7.36. The van der Waals surface area contributed by atoms with Crippen molar-refractivity contribution in [1.29, 1.82) is 0 Å². The predicted octanol–water partition coefficient (Wildman–Crippen LogP) is 2.58.